The predicted molar refractivity (Wildman–Crippen MR) is 95.9 cm³/mol. The maximum absolute atomic E-state index is 12.7. The molecule has 0 radical (unpaired) electrons. The third-order valence-electron chi connectivity index (χ3n) is 4.42. The topological polar surface area (TPSA) is 69.7 Å². The van der Waals surface area contributed by atoms with E-state index in [4.69, 9.17) is 0 Å². The monoisotopic (exact) mass is 343 g/mol. The minimum absolute atomic E-state index is 0.0306. The Hall–Kier alpha value is -2.63. The highest BCUT2D eigenvalue weighted by Gasteiger charge is 2.37. The van der Waals surface area contributed by atoms with Gasteiger partial charge in [0, 0.05) is 38.7 Å². The summed E-state index contributed by atoms with van der Waals surface area (Å²) in [7, 11) is 0. The Balaban J connectivity index is 2.02. The molecule has 0 aromatic heterocycles. The Labute approximate surface area is 148 Å². The van der Waals surface area contributed by atoms with E-state index in [1.807, 2.05) is 30.9 Å². The van der Waals surface area contributed by atoms with Gasteiger partial charge < -0.3 is 15.1 Å². The number of carbonyl (C=O) groups excluding carboxylic acids is 3. The second kappa shape index (κ2) is 7.51. The summed E-state index contributed by atoms with van der Waals surface area (Å²) in [6.45, 7) is 10.9. The number of nitrogens with zero attached hydrogens (tertiary/aromatic N) is 2. The first kappa shape index (κ1) is 18.7. The molecule has 6 heteroatoms. The summed E-state index contributed by atoms with van der Waals surface area (Å²) in [6.07, 6.45) is 1.22. The molecule has 0 bridgehead atoms. The van der Waals surface area contributed by atoms with Crippen molar-refractivity contribution >= 4 is 17.7 Å². The minimum Gasteiger partial charge on any atom is -0.348 e. The van der Waals surface area contributed by atoms with E-state index in [2.05, 4.69) is 11.9 Å². The molecule has 1 N–H and O–H groups in total. The van der Waals surface area contributed by atoms with E-state index in [-0.39, 0.29) is 23.3 Å². The third kappa shape index (κ3) is 4.47. The SMILES string of the molecule is C=CC(=O)NCc1ccc(C(=O)N2CCN(C(C)=O)C(C)(C)C2)cc1. The first-order chi connectivity index (χ1) is 11.7. The molecule has 0 unspecified atom stereocenters. The summed E-state index contributed by atoms with van der Waals surface area (Å²) >= 11 is 0. The van der Waals surface area contributed by atoms with Gasteiger partial charge in [-0.1, -0.05) is 18.7 Å². The van der Waals surface area contributed by atoms with Gasteiger partial charge in [0.05, 0.1) is 5.54 Å². The van der Waals surface area contributed by atoms with Crippen molar-refractivity contribution < 1.29 is 14.4 Å². The molecule has 1 saturated heterocycles. The molecule has 3 amide bonds. The van der Waals surface area contributed by atoms with Crippen LogP contribution in [-0.4, -0.2) is 52.7 Å². The van der Waals surface area contributed by atoms with Crippen molar-refractivity contribution in [1.82, 2.24) is 15.1 Å². The van der Waals surface area contributed by atoms with Crippen molar-refractivity contribution in [1.29, 1.82) is 0 Å². The van der Waals surface area contributed by atoms with Gasteiger partial charge >= 0.3 is 0 Å². The van der Waals surface area contributed by atoms with E-state index in [1.54, 1.807) is 24.0 Å². The Morgan fingerprint density at radius 2 is 1.84 bits per heavy atom. The molecule has 2 rings (SSSR count). The zero-order valence-electron chi connectivity index (χ0n) is 15.0. The van der Waals surface area contributed by atoms with Crippen LogP contribution in [0.5, 0.6) is 0 Å². The highest BCUT2D eigenvalue weighted by Crippen LogP contribution is 2.22. The number of hydrogen-bond donors (Lipinski definition) is 1. The fourth-order valence-corrected chi connectivity index (χ4v) is 3.12. The molecule has 6 nitrogen and oxygen atoms in total. The lowest BCUT2D eigenvalue weighted by Gasteiger charge is -2.46. The smallest absolute Gasteiger partial charge is 0.253 e. The normalized spacial score (nSPS) is 16.3. The van der Waals surface area contributed by atoms with Gasteiger partial charge in [0.15, 0.2) is 0 Å². The highest BCUT2D eigenvalue weighted by atomic mass is 16.2. The molecule has 1 aliphatic rings. The maximum Gasteiger partial charge on any atom is 0.253 e. The van der Waals surface area contributed by atoms with Crippen LogP contribution in [0.4, 0.5) is 0 Å². The molecule has 1 fully saturated rings. The van der Waals surface area contributed by atoms with Crippen LogP contribution < -0.4 is 5.32 Å². The third-order valence-corrected chi connectivity index (χ3v) is 4.42. The van der Waals surface area contributed by atoms with Crippen molar-refractivity contribution in [3.63, 3.8) is 0 Å². The fourth-order valence-electron chi connectivity index (χ4n) is 3.12. The van der Waals surface area contributed by atoms with E-state index in [1.165, 1.54) is 6.08 Å². The number of nitrogens with one attached hydrogen (secondary N) is 1. The standard InChI is InChI=1S/C19H25N3O3/c1-5-17(24)20-12-15-6-8-16(9-7-15)18(25)21-10-11-22(14(2)23)19(3,4)13-21/h5-9H,1,10-13H2,2-4H3,(H,20,24). The van der Waals surface area contributed by atoms with E-state index in [9.17, 15) is 14.4 Å². The van der Waals surface area contributed by atoms with E-state index >= 15 is 0 Å². The molecule has 134 valence electrons. The number of piperazine rings is 1. The second-order valence-corrected chi connectivity index (χ2v) is 6.83. The highest BCUT2D eigenvalue weighted by molar-refractivity contribution is 5.94. The van der Waals surface area contributed by atoms with Crippen molar-refractivity contribution in [3.8, 4) is 0 Å². The van der Waals surface area contributed by atoms with E-state index in [0.29, 0.717) is 31.7 Å². The molecular weight excluding hydrogens is 318 g/mol. The van der Waals surface area contributed by atoms with Gasteiger partial charge in [0.25, 0.3) is 5.91 Å². The van der Waals surface area contributed by atoms with Crippen molar-refractivity contribution in [3.05, 3.63) is 48.0 Å². The van der Waals surface area contributed by atoms with Gasteiger partial charge in [-0.3, -0.25) is 14.4 Å². The lowest BCUT2D eigenvalue weighted by atomic mass is 9.98. The van der Waals surface area contributed by atoms with Gasteiger partial charge in [-0.15, -0.1) is 0 Å². The Kier molecular flexibility index (Phi) is 5.62. The first-order valence-corrected chi connectivity index (χ1v) is 8.31. The first-order valence-electron chi connectivity index (χ1n) is 8.31. The Morgan fingerprint density at radius 1 is 1.20 bits per heavy atom. The Bertz CT molecular complexity index is 680. The van der Waals surface area contributed by atoms with Crippen LogP contribution >= 0.6 is 0 Å². The maximum atomic E-state index is 12.7. The summed E-state index contributed by atoms with van der Waals surface area (Å²) in [5, 5.41) is 2.70. The predicted octanol–water partition coefficient (Wildman–Crippen LogP) is 1.57. The van der Waals surface area contributed by atoms with Crippen molar-refractivity contribution in [2.45, 2.75) is 32.9 Å². The molecule has 0 spiro atoms. The number of carbonyl (C=O) groups is 3. The van der Waals surface area contributed by atoms with Crippen molar-refractivity contribution in [2.24, 2.45) is 0 Å². The lowest BCUT2D eigenvalue weighted by Crippen LogP contribution is -2.61. The molecule has 25 heavy (non-hydrogen) atoms. The summed E-state index contributed by atoms with van der Waals surface area (Å²) in [5.41, 5.74) is 1.13. The van der Waals surface area contributed by atoms with Gasteiger partial charge in [0.2, 0.25) is 11.8 Å². The van der Waals surface area contributed by atoms with Crippen molar-refractivity contribution in [2.75, 3.05) is 19.6 Å². The summed E-state index contributed by atoms with van der Waals surface area (Å²) in [5.74, 6) is -0.244. The molecular formula is C19H25N3O3. The number of benzene rings is 1. The number of amides is 3. The lowest BCUT2D eigenvalue weighted by molar-refractivity contribution is -0.137. The molecule has 1 heterocycles. The fraction of sp³-hybridized carbons (Fsp3) is 0.421. The van der Waals surface area contributed by atoms with Gasteiger partial charge in [0.1, 0.15) is 0 Å². The van der Waals surface area contributed by atoms with Crippen LogP contribution in [0.25, 0.3) is 0 Å². The van der Waals surface area contributed by atoms with Crippen LogP contribution in [0.3, 0.4) is 0 Å². The Morgan fingerprint density at radius 3 is 2.36 bits per heavy atom. The molecule has 1 aromatic rings. The summed E-state index contributed by atoms with van der Waals surface area (Å²) in [4.78, 5) is 39.2. The molecule has 0 aliphatic carbocycles. The number of hydrogen-bond acceptors (Lipinski definition) is 3. The van der Waals surface area contributed by atoms with Crippen LogP contribution in [0, 0.1) is 0 Å². The van der Waals surface area contributed by atoms with Crippen LogP contribution in [0.15, 0.2) is 36.9 Å². The van der Waals surface area contributed by atoms with E-state index in [0.717, 1.165) is 5.56 Å². The number of rotatable bonds is 4. The average Bonchev–Trinajstić information content (AvgIpc) is 2.58. The van der Waals surface area contributed by atoms with Gasteiger partial charge in [-0.2, -0.15) is 0 Å². The van der Waals surface area contributed by atoms with Crippen LogP contribution in [0.2, 0.25) is 0 Å². The van der Waals surface area contributed by atoms with Crippen LogP contribution in [0.1, 0.15) is 36.7 Å². The zero-order chi connectivity index (χ0) is 18.6. The second-order valence-electron chi connectivity index (χ2n) is 6.83. The zero-order valence-corrected chi connectivity index (χ0v) is 15.0. The summed E-state index contributed by atoms with van der Waals surface area (Å²) in [6, 6.07) is 7.19. The summed E-state index contributed by atoms with van der Waals surface area (Å²) < 4.78 is 0. The average molecular weight is 343 g/mol. The van der Waals surface area contributed by atoms with Crippen LogP contribution in [-0.2, 0) is 16.1 Å². The quantitative estimate of drug-likeness (QED) is 0.844. The molecule has 0 saturated carbocycles. The molecule has 1 aliphatic heterocycles. The minimum atomic E-state index is -0.380. The van der Waals surface area contributed by atoms with E-state index < -0.39 is 0 Å². The molecule has 0 atom stereocenters. The van der Waals surface area contributed by atoms with Gasteiger partial charge in [-0.05, 0) is 37.6 Å². The molecule has 1 aromatic carbocycles. The van der Waals surface area contributed by atoms with Gasteiger partial charge in [-0.25, -0.2) is 0 Å². The largest absolute Gasteiger partial charge is 0.348 e.